The van der Waals surface area contributed by atoms with Crippen LogP contribution in [0.3, 0.4) is 0 Å². The number of nitrogens with zero attached hydrogens (tertiary/aromatic N) is 3. The van der Waals surface area contributed by atoms with Crippen molar-refractivity contribution in [2.75, 3.05) is 19.6 Å². The van der Waals surface area contributed by atoms with E-state index in [1.807, 2.05) is 0 Å². The maximum Gasteiger partial charge on any atom is 0.274 e. The highest BCUT2D eigenvalue weighted by Gasteiger charge is 2.29. The Kier molecular flexibility index (Phi) is 6.97. The summed E-state index contributed by atoms with van der Waals surface area (Å²) in [5, 5.41) is 3.01. The van der Waals surface area contributed by atoms with Gasteiger partial charge in [0.25, 0.3) is 5.91 Å². The Balaban J connectivity index is 1.81. The van der Waals surface area contributed by atoms with Gasteiger partial charge in [-0.1, -0.05) is 26.2 Å². The molecule has 2 rings (SSSR count). The van der Waals surface area contributed by atoms with Gasteiger partial charge in [-0.25, -0.2) is 4.98 Å². The van der Waals surface area contributed by atoms with Crippen LogP contribution in [0.2, 0.25) is 0 Å². The molecule has 1 aliphatic heterocycles. The molecule has 1 aliphatic rings. The minimum Gasteiger partial charge on any atom is -0.356 e. The number of unbranched alkanes of at least 4 members (excludes halogenated alkanes) is 3. The third kappa shape index (κ3) is 5.30. The molecule has 1 atom stereocenters. The van der Waals surface area contributed by atoms with E-state index in [1.165, 1.54) is 25.2 Å². The third-order valence-corrected chi connectivity index (χ3v) is 4.19. The monoisotopic (exact) mass is 318 g/mol. The fourth-order valence-corrected chi connectivity index (χ4v) is 2.85. The SMILES string of the molecule is CCCCCCNC(=O)[C@H]1CCCN(C(=O)c2cnccn2)C1. The van der Waals surface area contributed by atoms with Crippen LogP contribution in [0.15, 0.2) is 18.6 Å². The molecule has 0 aliphatic carbocycles. The molecule has 1 aromatic rings. The highest BCUT2D eigenvalue weighted by Crippen LogP contribution is 2.18. The number of hydrogen-bond donors (Lipinski definition) is 1. The van der Waals surface area contributed by atoms with Crippen molar-refractivity contribution in [3.05, 3.63) is 24.3 Å². The van der Waals surface area contributed by atoms with Crippen LogP contribution in [0.25, 0.3) is 0 Å². The zero-order valence-electron chi connectivity index (χ0n) is 13.8. The number of likely N-dealkylation sites (tertiary alicyclic amines) is 1. The molecule has 6 nitrogen and oxygen atoms in total. The lowest BCUT2D eigenvalue weighted by Gasteiger charge is -2.31. The second-order valence-electron chi connectivity index (χ2n) is 6.03. The lowest BCUT2D eigenvalue weighted by atomic mass is 9.97. The molecular weight excluding hydrogens is 292 g/mol. The molecule has 0 aromatic carbocycles. The highest BCUT2D eigenvalue weighted by molar-refractivity contribution is 5.92. The van der Waals surface area contributed by atoms with E-state index < -0.39 is 0 Å². The number of nitrogens with one attached hydrogen (secondary N) is 1. The molecule has 0 radical (unpaired) electrons. The fraction of sp³-hybridized carbons (Fsp3) is 0.647. The molecule has 0 saturated carbocycles. The van der Waals surface area contributed by atoms with E-state index >= 15 is 0 Å². The van der Waals surface area contributed by atoms with Gasteiger partial charge in [-0.05, 0) is 19.3 Å². The molecule has 1 aromatic heterocycles. The quantitative estimate of drug-likeness (QED) is 0.781. The molecule has 2 amide bonds. The van der Waals surface area contributed by atoms with Crippen LogP contribution in [0.5, 0.6) is 0 Å². The second kappa shape index (κ2) is 9.22. The predicted molar refractivity (Wildman–Crippen MR) is 87.8 cm³/mol. The molecule has 0 spiro atoms. The van der Waals surface area contributed by atoms with Gasteiger partial charge in [0.15, 0.2) is 0 Å². The standard InChI is InChI=1S/C17H26N4O2/c1-2-3-4-5-8-20-16(22)14-7-6-11-21(13-14)17(23)15-12-18-9-10-19-15/h9-10,12,14H,2-8,11,13H2,1H3,(H,20,22)/t14-/m0/s1. The molecule has 6 heteroatoms. The Bertz CT molecular complexity index is 507. The average molecular weight is 318 g/mol. The summed E-state index contributed by atoms with van der Waals surface area (Å²) < 4.78 is 0. The molecule has 23 heavy (non-hydrogen) atoms. The van der Waals surface area contributed by atoms with Gasteiger partial charge in [0.2, 0.25) is 5.91 Å². The maximum absolute atomic E-state index is 12.4. The van der Waals surface area contributed by atoms with Gasteiger partial charge in [-0.3, -0.25) is 14.6 Å². The number of hydrogen-bond acceptors (Lipinski definition) is 4. The van der Waals surface area contributed by atoms with Crippen molar-refractivity contribution < 1.29 is 9.59 Å². The summed E-state index contributed by atoms with van der Waals surface area (Å²) in [6.45, 7) is 4.04. The lowest BCUT2D eigenvalue weighted by molar-refractivity contribution is -0.126. The topological polar surface area (TPSA) is 75.2 Å². The van der Waals surface area contributed by atoms with Crippen LogP contribution in [0.1, 0.15) is 55.9 Å². The predicted octanol–water partition coefficient (Wildman–Crippen LogP) is 2.03. The molecular formula is C17H26N4O2. The number of carbonyl (C=O) groups is 2. The number of piperidine rings is 1. The van der Waals surface area contributed by atoms with Crippen LogP contribution in [-0.2, 0) is 4.79 Å². The van der Waals surface area contributed by atoms with E-state index in [0.29, 0.717) is 18.8 Å². The Morgan fingerprint density at radius 2 is 2.17 bits per heavy atom. The summed E-state index contributed by atoms with van der Waals surface area (Å²) in [5.74, 6) is -0.188. The highest BCUT2D eigenvalue weighted by atomic mass is 16.2. The van der Waals surface area contributed by atoms with Crippen LogP contribution >= 0.6 is 0 Å². The van der Waals surface area contributed by atoms with E-state index in [0.717, 1.165) is 32.2 Å². The number of amides is 2. The average Bonchev–Trinajstić information content (AvgIpc) is 2.61. The lowest BCUT2D eigenvalue weighted by Crippen LogP contribution is -2.45. The minimum absolute atomic E-state index is 0.0677. The van der Waals surface area contributed by atoms with Crippen molar-refractivity contribution in [2.45, 2.75) is 45.4 Å². The van der Waals surface area contributed by atoms with Crippen LogP contribution in [0.4, 0.5) is 0 Å². The first kappa shape index (κ1) is 17.4. The Morgan fingerprint density at radius 3 is 2.91 bits per heavy atom. The number of carbonyl (C=O) groups excluding carboxylic acids is 2. The van der Waals surface area contributed by atoms with Gasteiger partial charge in [0.1, 0.15) is 5.69 Å². The first-order chi connectivity index (χ1) is 11.2. The van der Waals surface area contributed by atoms with Crippen molar-refractivity contribution in [3.8, 4) is 0 Å². The molecule has 0 bridgehead atoms. The summed E-state index contributed by atoms with van der Waals surface area (Å²) >= 11 is 0. The van der Waals surface area contributed by atoms with Gasteiger partial charge in [-0.2, -0.15) is 0 Å². The molecule has 2 heterocycles. The van der Waals surface area contributed by atoms with Gasteiger partial charge < -0.3 is 10.2 Å². The number of aromatic nitrogens is 2. The Labute approximate surface area is 137 Å². The van der Waals surface area contributed by atoms with E-state index in [9.17, 15) is 9.59 Å². The first-order valence-corrected chi connectivity index (χ1v) is 8.55. The summed E-state index contributed by atoms with van der Waals surface area (Å²) in [6.07, 6.45) is 10.8. The van der Waals surface area contributed by atoms with Crippen LogP contribution in [0, 0.1) is 5.92 Å². The fourth-order valence-electron chi connectivity index (χ4n) is 2.85. The summed E-state index contributed by atoms with van der Waals surface area (Å²) in [7, 11) is 0. The van der Waals surface area contributed by atoms with Crippen molar-refractivity contribution in [1.82, 2.24) is 20.2 Å². The maximum atomic E-state index is 12.4. The van der Waals surface area contributed by atoms with Crippen molar-refractivity contribution >= 4 is 11.8 Å². The van der Waals surface area contributed by atoms with Crippen LogP contribution in [-0.4, -0.2) is 46.3 Å². The van der Waals surface area contributed by atoms with Gasteiger partial charge in [0, 0.05) is 32.0 Å². The van der Waals surface area contributed by atoms with Crippen LogP contribution < -0.4 is 5.32 Å². The zero-order chi connectivity index (χ0) is 16.5. The summed E-state index contributed by atoms with van der Waals surface area (Å²) in [5.41, 5.74) is 0.341. The molecule has 1 N–H and O–H groups in total. The minimum atomic E-state index is -0.140. The van der Waals surface area contributed by atoms with Gasteiger partial charge in [-0.15, -0.1) is 0 Å². The van der Waals surface area contributed by atoms with Crippen molar-refractivity contribution in [3.63, 3.8) is 0 Å². The Hall–Kier alpha value is -1.98. The Morgan fingerprint density at radius 1 is 1.30 bits per heavy atom. The normalized spacial score (nSPS) is 17.8. The smallest absolute Gasteiger partial charge is 0.274 e. The largest absolute Gasteiger partial charge is 0.356 e. The van der Waals surface area contributed by atoms with E-state index in [2.05, 4.69) is 22.2 Å². The van der Waals surface area contributed by atoms with Gasteiger partial charge >= 0.3 is 0 Å². The molecule has 1 saturated heterocycles. The van der Waals surface area contributed by atoms with E-state index in [4.69, 9.17) is 0 Å². The summed E-state index contributed by atoms with van der Waals surface area (Å²) in [4.78, 5) is 34.3. The molecule has 126 valence electrons. The summed E-state index contributed by atoms with van der Waals surface area (Å²) in [6, 6.07) is 0. The van der Waals surface area contributed by atoms with E-state index in [1.54, 1.807) is 11.1 Å². The molecule has 1 fully saturated rings. The second-order valence-corrected chi connectivity index (χ2v) is 6.03. The first-order valence-electron chi connectivity index (χ1n) is 8.55. The molecule has 0 unspecified atom stereocenters. The van der Waals surface area contributed by atoms with E-state index in [-0.39, 0.29) is 17.7 Å². The van der Waals surface area contributed by atoms with Gasteiger partial charge in [0.05, 0.1) is 12.1 Å². The zero-order valence-corrected chi connectivity index (χ0v) is 13.8. The van der Waals surface area contributed by atoms with Crippen molar-refractivity contribution in [1.29, 1.82) is 0 Å². The van der Waals surface area contributed by atoms with Crippen molar-refractivity contribution in [2.24, 2.45) is 5.92 Å². The number of rotatable bonds is 7. The third-order valence-electron chi connectivity index (χ3n) is 4.19.